The van der Waals surface area contributed by atoms with Gasteiger partial charge in [0.15, 0.2) is 0 Å². The van der Waals surface area contributed by atoms with Crippen LogP contribution in [0.25, 0.3) is 12.2 Å². The van der Waals surface area contributed by atoms with Gasteiger partial charge in [-0.15, -0.1) is 0 Å². The van der Waals surface area contributed by atoms with Crippen molar-refractivity contribution in [2.45, 2.75) is 6.18 Å². The van der Waals surface area contributed by atoms with Crippen molar-refractivity contribution in [3.63, 3.8) is 0 Å². The van der Waals surface area contributed by atoms with Crippen molar-refractivity contribution in [1.29, 1.82) is 5.26 Å². The first kappa shape index (κ1) is 13.9. The number of alkyl halides is 3. The van der Waals surface area contributed by atoms with Gasteiger partial charge in [-0.05, 0) is 29.3 Å². The molecule has 1 nitrogen and oxygen atoms in total. The maximum absolute atomic E-state index is 12.4. The van der Waals surface area contributed by atoms with Crippen LogP contribution in [0.5, 0.6) is 0 Å². The second kappa shape index (κ2) is 5.62. The lowest BCUT2D eigenvalue weighted by molar-refractivity contribution is -0.137. The lowest BCUT2D eigenvalue weighted by Gasteiger charge is -2.05. The minimum Gasteiger partial charge on any atom is -0.192 e. The van der Waals surface area contributed by atoms with Crippen molar-refractivity contribution >= 4 is 12.2 Å². The van der Waals surface area contributed by atoms with Gasteiger partial charge in [0.1, 0.15) is 0 Å². The van der Waals surface area contributed by atoms with Crippen LogP contribution in [0.15, 0.2) is 48.5 Å². The Morgan fingerprint density at radius 1 is 0.900 bits per heavy atom. The molecule has 0 bridgehead atoms. The number of nitriles is 1. The van der Waals surface area contributed by atoms with E-state index in [-0.39, 0.29) is 0 Å². The number of halogens is 3. The Labute approximate surface area is 114 Å². The standard InChI is InChI=1S/C16H10F3N/c17-16(18,19)15-9-6-12(7-10-15)5-8-13-3-1-2-4-14(13)11-20/h1-10H/b8-5+. The topological polar surface area (TPSA) is 23.8 Å². The van der Waals surface area contributed by atoms with Crippen molar-refractivity contribution in [1.82, 2.24) is 0 Å². The van der Waals surface area contributed by atoms with E-state index in [1.54, 1.807) is 36.4 Å². The molecule has 0 amide bonds. The molecule has 2 rings (SSSR count). The molecule has 0 aliphatic heterocycles. The zero-order valence-electron chi connectivity index (χ0n) is 10.4. The van der Waals surface area contributed by atoms with Crippen LogP contribution in [0.1, 0.15) is 22.3 Å². The molecule has 2 aromatic carbocycles. The lowest BCUT2D eigenvalue weighted by Crippen LogP contribution is -2.03. The van der Waals surface area contributed by atoms with Gasteiger partial charge in [0, 0.05) is 0 Å². The zero-order chi connectivity index (χ0) is 14.6. The van der Waals surface area contributed by atoms with Gasteiger partial charge in [0.25, 0.3) is 0 Å². The molecule has 0 spiro atoms. The minimum absolute atomic E-state index is 0.524. The molecule has 0 aliphatic carbocycles. The molecule has 0 heterocycles. The Kier molecular flexibility index (Phi) is 3.90. The summed E-state index contributed by atoms with van der Waals surface area (Å²) in [4.78, 5) is 0. The highest BCUT2D eigenvalue weighted by Gasteiger charge is 2.29. The van der Waals surface area contributed by atoms with Crippen LogP contribution < -0.4 is 0 Å². The molecule has 0 aliphatic rings. The monoisotopic (exact) mass is 273 g/mol. The van der Waals surface area contributed by atoms with Crippen molar-refractivity contribution in [2.24, 2.45) is 0 Å². The second-order valence-corrected chi connectivity index (χ2v) is 4.15. The molecule has 4 heteroatoms. The molecule has 0 radical (unpaired) electrons. The first-order valence-electron chi connectivity index (χ1n) is 5.85. The number of hydrogen-bond acceptors (Lipinski definition) is 1. The first-order chi connectivity index (χ1) is 9.50. The first-order valence-corrected chi connectivity index (χ1v) is 5.85. The summed E-state index contributed by atoms with van der Waals surface area (Å²) in [5.41, 5.74) is 1.23. The van der Waals surface area contributed by atoms with Gasteiger partial charge in [0.2, 0.25) is 0 Å². The summed E-state index contributed by atoms with van der Waals surface area (Å²) >= 11 is 0. The Bertz CT molecular complexity index is 661. The summed E-state index contributed by atoms with van der Waals surface area (Å²) in [6.45, 7) is 0. The SMILES string of the molecule is N#Cc1ccccc1/C=C/c1ccc(C(F)(F)F)cc1. The molecule has 2 aromatic rings. The zero-order valence-corrected chi connectivity index (χ0v) is 10.4. The third-order valence-corrected chi connectivity index (χ3v) is 2.77. The molecule has 100 valence electrons. The Balaban J connectivity index is 2.22. The summed E-state index contributed by atoms with van der Waals surface area (Å²) in [7, 11) is 0. The molecule has 0 saturated heterocycles. The highest BCUT2D eigenvalue weighted by atomic mass is 19.4. The van der Waals surface area contributed by atoms with Crippen molar-refractivity contribution in [3.8, 4) is 6.07 Å². The van der Waals surface area contributed by atoms with E-state index in [0.717, 1.165) is 17.7 Å². The van der Waals surface area contributed by atoms with E-state index in [1.807, 2.05) is 0 Å². The predicted molar refractivity (Wildman–Crippen MR) is 71.5 cm³/mol. The molecule has 0 saturated carbocycles. The van der Waals surface area contributed by atoms with Crippen LogP contribution >= 0.6 is 0 Å². The van der Waals surface area contributed by atoms with Crippen LogP contribution in [0, 0.1) is 11.3 Å². The fourth-order valence-corrected chi connectivity index (χ4v) is 1.71. The molecule has 0 aromatic heterocycles. The number of hydrogen-bond donors (Lipinski definition) is 0. The molecular weight excluding hydrogens is 263 g/mol. The van der Waals surface area contributed by atoms with E-state index in [4.69, 9.17) is 5.26 Å². The number of rotatable bonds is 2. The van der Waals surface area contributed by atoms with E-state index < -0.39 is 11.7 Å². The molecule has 0 fully saturated rings. The van der Waals surface area contributed by atoms with Crippen molar-refractivity contribution in [3.05, 3.63) is 70.8 Å². The Morgan fingerprint density at radius 2 is 1.55 bits per heavy atom. The second-order valence-electron chi connectivity index (χ2n) is 4.15. The van der Waals surface area contributed by atoms with Gasteiger partial charge >= 0.3 is 6.18 Å². The average Bonchev–Trinajstić information content (AvgIpc) is 2.45. The summed E-state index contributed by atoms with van der Waals surface area (Å²) < 4.78 is 37.2. The number of benzene rings is 2. The maximum Gasteiger partial charge on any atom is 0.416 e. The fourth-order valence-electron chi connectivity index (χ4n) is 1.71. The number of nitrogens with zero attached hydrogens (tertiary/aromatic N) is 1. The van der Waals surface area contributed by atoms with Gasteiger partial charge in [-0.1, -0.05) is 42.5 Å². The van der Waals surface area contributed by atoms with E-state index >= 15 is 0 Å². The summed E-state index contributed by atoms with van der Waals surface area (Å²) in [6, 6.07) is 14.0. The van der Waals surface area contributed by atoms with Gasteiger partial charge in [-0.25, -0.2) is 0 Å². The summed E-state index contributed by atoms with van der Waals surface area (Å²) in [5.74, 6) is 0. The molecule has 0 N–H and O–H groups in total. The quantitative estimate of drug-likeness (QED) is 0.724. The van der Waals surface area contributed by atoms with Crippen molar-refractivity contribution < 1.29 is 13.2 Å². The average molecular weight is 273 g/mol. The third-order valence-electron chi connectivity index (χ3n) is 2.77. The minimum atomic E-state index is -4.32. The van der Waals surface area contributed by atoms with Crippen LogP contribution in [-0.2, 0) is 6.18 Å². The van der Waals surface area contributed by atoms with Crippen LogP contribution in [0.3, 0.4) is 0 Å². The lowest BCUT2D eigenvalue weighted by atomic mass is 10.1. The summed E-state index contributed by atoms with van der Waals surface area (Å²) in [6.07, 6.45) is -0.937. The Hall–Kier alpha value is -2.54. The molecular formula is C16H10F3N. The largest absolute Gasteiger partial charge is 0.416 e. The normalized spacial score (nSPS) is 11.5. The van der Waals surface area contributed by atoms with E-state index in [2.05, 4.69) is 6.07 Å². The van der Waals surface area contributed by atoms with Crippen LogP contribution in [0.4, 0.5) is 13.2 Å². The molecule has 0 unspecified atom stereocenters. The van der Waals surface area contributed by atoms with Gasteiger partial charge in [-0.2, -0.15) is 18.4 Å². The van der Waals surface area contributed by atoms with Gasteiger partial charge in [-0.3, -0.25) is 0 Å². The highest BCUT2D eigenvalue weighted by molar-refractivity contribution is 5.72. The van der Waals surface area contributed by atoms with E-state index in [1.165, 1.54) is 12.1 Å². The smallest absolute Gasteiger partial charge is 0.192 e. The predicted octanol–water partition coefficient (Wildman–Crippen LogP) is 4.75. The fraction of sp³-hybridized carbons (Fsp3) is 0.0625. The van der Waals surface area contributed by atoms with Gasteiger partial charge in [0.05, 0.1) is 17.2 Å². The van der Waals surface area contributed by atoms with Gasteiger partial charge < -0.3 is 0 Å². The maximum atomic E-state index is 12.4. The van der Waals surface area contributed by atoms with E-state index in [0.29, 0.717) is 11.1 Å². The molecule has 20 heavy (non-hydrogen) atoms. The third kappa shape index (κ3) is 3.27. The Morgan fingerprint density at radius 3 is 2.15 bits per heavy atom. The molecule has 0 atom stereocenters. The van der Waals surface area contributed by atoms with Crippen LogP contribution in [0.2, 0.25) is 0 Å². The highest BCUT2D eigenvalue weighted by Crippen LogP contribution is 2.29. The summed E-state index contributed by atoms with van der Waals surface area (Å²) in [5, 5.41) is 8.93. The van der Waals surface area contributed by atoms with Crippen LogP contribution in [-0.4, -0.2) is 0 Å². The van der Waals surface area contributed by atoms with E-state index in [9.17, 15) is 13.2 Å². The van der Waals surface area contributed by atoms with Crippen molar-refractivity contribution in [2.75, 3.05) is 0 Å².